The van der Waals surface area contributed by atoms with Gasteiger partial charge in [0.1, 0.15) is 36.6 Å². The van der Waals surface area contributed by atoms with E-state index in [1.165, 1.54) is 0 Å². The van der Waals surface area contributed by atoms with Gasteiger partial charge in [-0.3, -0.25) is 4.57 Å². The Morgan fingerprint density at radius 3 is 0.759 bits per heavy atom. The third kappa shape index (κ3) is 34.2. The molecule has 0 aromatic heterocycles. The van der Waals surface area contributed by atoms with Crippen LogP contribution >= 0.6 is 46.9 Å². The molecular weight excluding hydrogens is 882 g/mol. The fourth-order valence-corrected chi connectivity index (χ4v) is 7.18. The number of unbranched alkanes of at least 4 members (excludes halogenated alkanes) is 3. The van der Waals surface area contributed by atoms with Gasteiger partial charge in [-0.05, 0) is 19.4 Å². The second-order valence-electron chi connectivity index (χ2n) is 8.14. The van der Waals surface area contributed by atoms with E-state index in [4.69, 9.17) is 5.73 Å². The number of quaternary nitrogens is 11. The van der Waals surface area contributed by atoms with Crippen molar-refractivity contribution in [3.05, 3.63) is 0 Å². The van der Waals surface area contributed by atoms with E-state index in [0.29, 0.717) is 12.8 Å². The van der Waals surface area contributed by atoms with E-state index in [0.717, 1.165) is 0 Å². The highest BCUT2D eigenvalue weighted by Gasteiger charge is 2.57. The average Bonchev–Trinajstić information content (AvgIpc) is 2.74. The third-order valence-electron chi connectivity index (χ3n) is 4.80. The Labute approximate surface area is 308 Å². The van der Waals surface area contributed by atoms with Crippen LogP contribution < -0.4 is 127 Å². The van der Waals surface area contributed by atoms with Crippen molar-refractivity contribution in [3.63, 3.8) is 0 Å². The minimum Gasteiger partial charge on any atom is -0.790 e. The summed E-state index contributed by atoms with van der Waals surface area (Å²) >= 11 is 0. The van der Waals surface area contributed by atoms with E-state index in [9.17, 15) is 81.2 Å². The van der Waals surface area contributed by atoms with Crippen molar-refractivity contribution in [3.8, 4) is 0 Å². The fraction of sp³-hybridized carbons (Fsp3) is 1.00. The van der Waals surface area contributed by atoms with Crippen molar-refractivity contribution in [1.29, 1.82) is 0 Å². The number of phosphoric acid groups is 6. The van der Waals surface area contributed by atoms with Crippen LogP contribution in [-0.4, -0.2) is 49.8 Å². The molecule has 42 heteroatoms. The SMILES string of the molecule is NCCCCCCOP(=O)([O-])OC1[C@H](OP(=O)([O-])[O-])[C@H](OP(=O)([O-])[O-])C(OP(=O)([O-])[O-])[C@H](OP(=O)([O-])[O-])[C@H]1OP(=O)([O-])[O-].[NH4+].[NH4+].[NH4+].[NH4+].[NH4+].[NH4+].[NH4+].[NH4+].[NH4+].[NH4+].[NH4+]. The van der Waals surface area contributed by atoms with Crippen molar-refractivity contribution in [2.24, 2.45) is 5.73 Å². The van der Waals surface area contributed by atoms with Gasteiger partial charge in [-0.1, -0.05) is 12.8 Å². The van der Waals surface area contributed by atoms with Crippen molar-refractivity contribution in [2.45, 2.75) is 62.3 Å². The van der Waals surface area contributed by atoms with E-state index in [-0.39, 0.29) is 87.0 Å². The molecule has 0 heterocycles. The number of rotatable bonds is 19. The first-order valence-electron chi connectivity index (χ1n) is 11.0. The molecule has 0 saturated heterocycles. The van der Waals surface area contributed by atoms with E-state index < -0.39 is 90.2 Å². The van der Waals surface area contributed by atoms with E-state index in [2.05, 4.69) is 31.7 Å². The van der Waals surface area contributed by atoms with E-state index in [1.54, 1.807) is 0 Å². The lowest BCUT2D eigenvalue weighted by atomic mass is 9.85. The number of hydrogen-bond donors (Lipinski definition) is 12. The summed E-state index contributed by atoms with van der Waals surface area (Å²) < 4.78 is 97.4. The molecule has 7 atom stereocenters. The van der Waals surface area contributed by atoms with E-state index >= 15 is 0 Å². The molecule has 3 unspecified atom stereocenters. The number of phosphoric ester groups is 6. The molecule has 36 nitrogen and oxygen atoms in total. The molecule has 1 aliphatic carbocycles. The average molecular weight is 947 g/mol. The topological polar surface area (TPSA) is 848 Å². The van der Waals surface area contributed by atoms with Gasteiger partial charge in [0.15, 0.2) is 0 Å². The summed E-state index contributed by atoms with van der Waals surface area (Å²) in [6.07, 6.45) is -19.7. The quantitative estimate of drug-likeness (QED) is 0.0430. The first-order valence-corrected chi connectivity index (χ1v) is 19.8. The van der Waals surface area contributed by atoms with Crippen LogP contribution in [0.5, 0.6) is 0 Å². The molecule has 0 spiro atoms. The van der Waals surface area contributed by atoms with Crippen molar-refractivity contribution in [1.82, 2.24) is 67.7 Å². The molecule has 54 heavy (non-hydrogen) atoms. The Kier molecular flexibility index (Phi) is 48.8. The van der Waals surface area contributed by atoms with Crippen LogP contribution in [0.15, 0.2) is 0 Å². The maximum absolute atomic E-state index is 12.5. The molecule has 0 amide bonds. The molecule has 0 aliphatic heterocycles. The van der Waals surface area contributed by atoms with Crippen LogP contribution in [0, 0.1) is 0 Å². The van der Waals surface area contributed by atoms with Crippen LogP contribution in [0.4, 0.5) is 0 Å². The first-order chi connectivity index (χ1) is 19.1. The minimum atomic E-state index is -6.68. The zero-order valence-corrected chi connectivity index (χ0v) is 37.1. The lowest BCUT2D eigenvalue weighted by molar-refractivity contribution is -0.385. The van der Waals surface area contributed by atoms with Gasteiger partial charge < -0.3 is 182 Å². The summed E-state index contributed by atoms with van der Waals surface area (Å²) in [6, 6.07) is 0. The minimum absolute atomic E-state index is 0. The van der Waals surface area contributed by atoms with Crippen LogP contribution in [-0.2, 0) is 59.1 Å². The van der Waals surface area contributed by atoms with Crippen LogP contribution in [0.3, 0.4) is 0 Å². The zero-order valence-electron chi connectivity index (χ0n) is 31.8. The molecule has 46 N–H and O–H groups in total. The Bertz CT molecular complexity index is 1160. The molecule has 1 fully saturated rings. The maximum Gasteiger partial charge on any atom is 0.268 e. The standard InChI is InChI=1S/C12H31NO24P6.11H3N/c13-5-3-1-2-4-6-31-43(29,30)37-12-10(35-41(23,24)25)8(33-39(17,18)19)7(32-38(14,15)16)9(34-40(20,21)22)11(12)36-42(26,27)28;;;;;;;;;;;/h7-12H,1-6,13H2,(H,29,30)(H2,14,15,16)(H2,17,18,19)(H2,20,21,22)(H2,23,24,25)(H2,26,27,28);11*1H3/t7?,8-,9+,10-,11-,12?;;;;;;;;;;;/m1.........../s1. The van der Waals surface area contributed by atoms with Gasteiger partial charge in [-0.25, -0.2) is 0 Å². The predicted molar refractivity (Wildman–Crippen MR) is 174 cm³/mol. The summed E-state index contributed by atoms with van der Waals surface area (Å²) in [5.41, 5.74) is 5.28. The Morgan fingerprint density at radius 1 is 0.352 bits per heavy atom. The molecule has 1 saturated carbocycles. The van der Waals surface area contributed by atoms with Gasteiger partial charge in [0.2, 0.25) is 0 Å². The number of hydrogen-bond acceptors (Lipinski definition) is 25. The molecular formula is C12H64N12O24P6. The molecule has 1 rings (SSSR count). The predicted octanol–water partition coefficient (Wildman–Crippen LogP) is -4.40. The highest BCUT2D eigenvalue weighted by atomic mass is 31.2. The van der Waals surface area contributed by atoms with Gasteiger partial charge in [0, 0.05) is 0 Å². The van der Waals surface area contributed by atoms with Crippen molar-refractivity contribution < 1.29 is 113 Å². The van der Waals surface area contributed by atoms with Gasteiger partial charge >= 0.3 is 0 Å². The van der Waals surface area contributed by atoms with Crippen LogP contribution in [0.25, 0.3) is 0 Å². The monoisotopic (exact) mass is 946 g/mol. The van der Waals surface area contributed by atoms with Gasteiger partial charge in [-0.2, -0.15) is 0 Å². The second-order valence-corrected chi connectivity index (χ2v) is 15.0. The van der Waals surface area contributed by atoms with Crippen LogP contribution in [0.1, 0.15) is 25.7 Å². The number of nitrogens with two attached hydrogens (primary N) is 1. The summed E-state index contributed by atoms with van der Waals surface area (Å²) in [6.45, 7) is -0.488. The molecule has 0 bridgehead atoms. The van der Waals surface area contributed by atoms with Crippen LogP contribution in [0.2, 0.25) is 0 Å². The van der Waals surface area contributed by atoms with Gasteiger partial charge in [-0.15, -0.1) is 0 Å². The van der Waals surface area contributed by atoms with Gasteiger partial charge in [0.05, 0.1) is 45.7 Å². The van der Waals surface area contributed by atoms with Crippen molar-refractivity contribution in [2.75, 3.05) is 13.2 Å². The molecule has 346 valence electrons. The summed E-state index contributed by atoms with van der Waals surface area (Å²) in [4.78, 5) is 126. The van der Waals surface area contributed by atoms with Crippen molar-refractivity contribution >= 4 is 46.9 Å². The fourth-order valence-electron chi connectivity index (χ4n) is 3.54. The maximum atomic E-state index is 12.5. The second kappa shape index (κ2) is 32.1. The summed E-state index contributed by atoms with van der Waals surface area (Å²) in [7, 11) is -39.4. The zero-order chi connectivity index (χ0) is 33.7. The molecule has 0 radical (unpaired) electrons. The summed E-state index contributed by atoms with van der Waals surface area (Å²) in [5.74, 6) is 0. The third-order valence-corrected chi connectivity index (χ3v) is 8.30. The largest absolute Gasteiger partial charge is 0.790 e. The van der Waals surface area contributed by atoms with E-state index in [1.807, 2.05) is 0 Å². The highest BCUT2D eigenvalue weighted by molar-refractivity contribution is 7.46. The Hall–Kier alpha value is 0.180. The highest BCUT2D eigenvalue weighted by Crippen LogP contribution is 2.53. The van der Waals surface area contributed by atoms with Gasteiger partial charge in [0.25, 0.3) is 7.82 Å². The molecule has 0 aromatic rings. The normalized spacial score (nSPS) is 22.0. The lowest BCUT2D eigenvalue weighted by Crippen LogP contribution is -2.68. The first kappa shape index (κ1) is 82.2. The Morgan fingerprint density at radius 2 is 0.556 bits per heavy atom. The Balaban J connectivity index is -0.000000187. The lowest BCUT2D eigenvalue weighted by Gasteiger charge is -2.56. The molecule has 0 aromatic carbocycles. The smallest absolute Gasteiger partial charge is 0.268 e. The summed E-state index contributed by atoms with van der Waals surface area (Å²) in [5, 5.41) is 0. The molecule has 1 aliphatic rings.